The van der Waals surface area contributed by atoms with E-state index >= 15 is 0 Å². The van der Waals surface area contributed by atoms with Gasteiger partial charge in [0.05, 0.1) is 43.7 Å². The Morgan fingerprint density at radius 2 is 1.91 bits per heavy atom. The summed E-state index contributed by atoms with van der Waals surface area (Å²) in [6.07, 6.45) is 2.14. The van der Waals surface area contributed by atoms with Crippen molar-refractivity contribution in [1.82, 2.24) is 14.9 Å². The summed E-state index contributed by atoms with van der Waals surface area (Å²) in [6.45, 7) is 0.714. The van der Waals surface area contributed by atoms with Gasteiger partial charge in [0.1, 0.15) is 5.76 Å². The summed E-state index contributed by atoms with van der Waals surface area (Å²) in [6, 6.07) is 16.5. The van der Waals surface area contributed by atoms with Gasteiger partial charge < -0.3 is 19.2 Å². The second-order valence-corrected chi connectivity index (χ2v) is 8.39. The number of hydrogen-bond acceptors (Lipinski definition) is 7. The van der Waals surface area contributed by atoms with Crippen LogP contribution < -0.4 is 20.3 Å². The molecule has 0 radical (unpaired) electrons. The van der Waals surface area contributed by atoms with E-state index in [1.807, 2.05) is 30.3 Å². The molecule has 8 nitrogen and oxygen atoms in total. The highest BCUT2D eigenvalue weighted by molar-refractivity contribution is 7.99. The second-order valence-electron chi connectivity index (χ2n) is 7.45. The van der Waals surface area contributed by atoms with Gasteiger partial charge in [-0.15, -0.1) is 0 Å². The lowest BCUT2D eigenvalue weighted by Gasteiger charge is -2.14. The Morgan fingerprint density at radius 3 is 2.68 bits per heavy atom. The number of thioether (sulfide) groups is 1. The molecule has 1 amide bonds. The van der Waals surface area contributed by atoms with Crippen LogP contribution in [0.3, 0.4) is 0 Å². The molecule has 34 heavy (non-hydrogen) atoms. The third-order valence-corrected chi connectivity index (χ3v) is 6.25. The number of amides is 1. The number of furan rings is 1. The van der Waals surface area contributed by atoms with Gasteiger partial charge in [-0.1, -0.05) is 30.0 Å². The van der Waals surface area contributed by atoms with E-state index in [1.54, 1.807) is 49.3 Å². The van der Waals surface area contributed by atoms with E-state index in [9.17, 15) is 9.59 Å². The molecule has 9 heteroatoms. The molecule has 176 valence electrons. The Kier molecular flexibility index (Phi) is 7.54. The molecular weight excluding hydrogens is 454 g/mol. The molecule has 0 spiro atoms. The number of rotatable bonds is 10. The van der Waals surface area contributed by atoms with Gasteiger partial charge in [-0.25, -0.2) is 4.98 Å². The minimum absolute atomic E-state index is 0.127. The molecule has 0 saturated carbocycles. The van der Waals surface area contributed by atoms with Crippen molar-refractivity contribution in [3.05, 3.63) is 82.5 Å². The molecule has 2 heterocycles. The van der Waals surface area contributed by atoms with E-state index in [0.717, 1.165) is 5.56 Å². The zero-order valence-electron chi connectivity index (χ0n) is 18.9. The van der Waals surface area contributed by atoms with Gasteiger partial charge in [0, 0.05) is 6.54 Å². The monoisotopic (exact) mass is 479 g/mol. The van der Waals surface area contributed by atoms with Crippen LogP contribution in [-0.2, 0) is 24.3 Å². The predicted octanol–water partition coefficient (Wildman–Crippen LogP) is 3.66. The van der Waals surface area contributed by atoms with Gasteiger partial charge >= 0.3 is 0 Å². The number of benzene rings is 2. The third kappa shape index (κ3) is 5.43. The number of aryl methyl sites for hydroxylation is 1. The fourth-order valence-corrected chi connectivity index (χ4v) is 4.37. The average Bonchev–Trinajstić information content (AvgIpc) is 3.39. The zero-order chi connectivity index (χ0) is 23.9. The number of hydrogen-bond donors (Lipinski definition) is 1. The highest BCUT2D eigenvalue weighted by Gasteiger charge is 2.14. The van der Waals surface area contributed by atoms with Crippen molar-refractivity contribution in [2.75, 3.05) is 20.0 Å². The maximum absolute atomic E-state index is 13.3. The van der Waals surface area contributed by atoms with Crippen molar-refractivity contribution in [3.63, 3.8) is 0 Å². The number of carbonyl (C=O) groups is 1. The Bertz CT molecular complexity index is 1330. The number of para-hydroxylation sites is 1. The van der Waals surface area contributed by atoms with Crippen LogP contribution >= 0.6 is 11.8 Å². The van der Waals surface area contributed by atoms with Crippen LogP contribution in [0.2, 0.25) is 0 Å². The lowest BCUT2D eigenvalue weighted by molar-refractivity contribution is -0.118. The predicted molar refractivity (Wildman–Crippen MR) is 131 cm³/mol. The second kappa shape index (κ2) is 10.9. The van der Waals surface area contributed by atoms with E-state index in [-0.39, 0.29) is 17.2 Å². The molecule has 0 aliphatic heterocycles. The van der Waals surface area contributed by atoms with Crippen LogP contribution in [0.4, 0.5) is 0 Å². The molecule has 2 aromatic carbocycles. The third-order valence-electron chi connectivity index (χ3n) is 5.27. The van der Waals surface area contributed by atoms with Crippen molar-refractivity contribution in [2.45, 2.75) is 24.7 Å². The zero-order valence-corrected chi connectivity index (χ0v) is 19.8. The number of carbonyl (C=O) groups excluding carboxylic acids is 1. The van der Waals surface area contributed by atoms with Crippen molar-refractivity contribution in [2.24, 2.45) is 0 Å². The van der Waals surface area contributed by atoms with Crippen LogP contribution in [-0.4, -0.2) is 35.4 Å². The van der Waals surface area contributed by atoms with Crippen molar-refractivity contribution >= 4 is 28.6 Å². The largest absolute Gasteiger partial charge is 0.493 e. The molecule has 0 saturated heterocycles. The maximum atomic E-state index is 13.3. The maximum Gasteiger partial charge on any atom is 0.262 e. The molecule has 4 rings (SSSR count). The minimum atomic E-state index is -0.171. The van der Waals surface area contributed by atoms with Crippen LogP contribution in [0.25, 0.3) is 10.9 Å². The van der Waals surface area contributed by atoms with Crippen LogP contribution in [0.15, 0.2) is 75.2 Å². The van der Waals surface area contributed by atoms with Gasteiger partial charge in [-0.2, -0.15) is 0 Å². The molecule has 0 fully saturated rings. The standard InChI is InChI=1S/C25H25N3O5S/c1-31-21-10-9-17(14-22(21)32-2)11-12-28-24(30)19-7-3-4-8-20(19)27-25(28)34-16-23(29)26-15-18-6-5-13-33-18/h3-10,13-14H,11-12,15-16H2,1-2H3,(H,26,29). The summed E-state index contributed by atoms with van der Waals surface area (Å²) in [4.78, 5) is 30.3. The number of nitrogens with one attached hydrogen (secondary N) is 1. The summed E-state index contributed by atoms with van der Waals surface area (Å²) in [5.41, 5.74) is 1.46. The lowest BCUT2D eigenvalue weighted by atomic mass is 10.1. The molecule has 4 aromatic rings. The number of nitrogens with zero attached hydrogens (tertiary/aromatic N) is 2. The quantitative estimate of drug-likeness (QED) is 0.274. The first kappa shape index (κ1) is 23.4. The molecule has 0 unspecified atom stereocenters. The number of ether oxygens (including phenoxy) is 2. The van der Waals surface area contributed by atoms with Crippen LogP contribution in [0.5, 0.6) is 11.5 Å². The van der Waals surface area contributed by atoms with Gasteiger partial charge in [-0.05, 0) is 48.4 Å². The van der Waals surface area contributed by atoms with Gasteiger partial charge in [0.25, 0.3) is 5.56 Å². The Labute approximate surface area is 200 Å². The molecule has 0 bridgehead atoms. The van der Waals surface area contributed by atoms with E-state index < -0.39 is 0 Å². The van der Waals surface area contributed by atoms with Crippen molar-refractivity contribution < 1.29 is 18.7 Å². The summed E-state index contributed by atoms with van der Waals surface area (Å²) >= 11 is 1.23. The van der Waals surface area contributed by atoms with Gasteiger partial charge in [0.15, 0.2) is 16.7 Å². The molecule has 0 aliphatic carbocycles. The van der Waals surface area contributed by atoms with Crippen LogP contribution in [0.1, 0.15) is 11.3 Å². The Morgan fingerprint density at radius 1 is 1.09 bits per heavy atom. The molecule has 1 N–H and O–H groups in total. The van der Waals surface area contributed by atoms with E-state index in [1.165, 1.54) is 11.8 Å². The number of aromatic nitrogens is 2. The first-order valence-corrected chi connectivity index (χ1v) is 11.7. The minimum Gasteiger partial charge on any atom is -0.493 e. The summed E-state index contributed by atoms with van der Waals surface area (Å²) in [7, 11) is 3.18. The highest BCUT2D eigenvalue weighted by atomic mass is 32.2. The molecule has 2 aromatic heterocycles. The van der Waals surface area contributed by atoms with Gasteiger partial charge in [0.2, 0.25) is 5.91 Å². The number of methoxy groups -OCH3 is 2. The van der Waals surface area contributed by atoms with E-state index in [2.05, 4.69) is 10.3 Å². The Hall–Kier alpha value is -3.72. The average molecular weight is 480 g/mol. The van der Waals surface area contributed by atoms with Crippen molar-refractivity contribution in [1.29, 1.82) is 0 Å². The van der Waals surface area contributed by atoms with E-state index in [0.29, 0.717) is 52.8 Å². The first-order valence-electron chi connectivity index (χ1n) is 10.7. The fourth-order valence-electron chi connectivity index (χ4n) is 3.51. The lowest BCUT2D eigenvalue weighted by Crippen LogP contribution is -2.27. The summed E-state index contributed by atoms with van der Waals surface area (Å²) in [5.74, 6) is 1.91. The highest BCUT2D eigenvalue weighted by Crippen LogP contribution is 2.28. The van der Waals surface area contributed by atoms with Crippen LogP contribution in [0, 0.1) is 0 Å². The van der Waals surface area contributed by atoms with E-state index in [4.69, 9.17) is 13.9 Å². The SMILES string of the molecule is COc1ccc(CCn2c(SCC(=O)NCc3ccco3)nc3ccccc3c2=O)cc1OC. The van der Waals surface area contributed by atoms with Crippen molar-refractivity contribution in [3.8, 4) is 11.5 Å². The number of fused-ring (bicyclic) bond motifs is 1. The normalized spacial score (nSPS) is 10.9. The molecule has 0 aliphatic rings. The fraction of sp³-hybridized carbons (Fsp3) is 0.240. The first-order chi connectivity index (χ1) is 16.6. The molecule has 0 atom stereocenters. The summed E-state index contributed by atoms with van der Waals surface area (Å²) < 4.78 is 17.6. The Balaban J connectivity index is 1.53. The smallest absolute Gasteiger partial charge is 0.262 e. The topological polar surface area (TPSA) is 95.6 Å². The van der Waals surface area contributed by atoms with Gasteiger partial charge in [-0.3, -0.25) is 14.2 Å². The molecular formula is C25H25N3O5S. The summed E-state index contributed by atoms with van der Waals surface area (Å²) in [5, 5.41) is 3.85.